The van der Waals surface area contributed by atoms with Crippen molar-refractivity contribution in [1.29, 1.82) is 0 Å². The van der Waals surface area contributed by atoms with Gasteiger partial charge >= 0.3 is 0 Å². The van der Waals surface area contributed by atoms with Crippen LogP contribution in [0.1, 0.15) is 16.1 Å². The Labute approximate surface area is 176 Å². The molecule has 2 aromatic carbocycles. The van der Waals surface area contributed by atoms with Crippen molar-refractivity contribution in [3.8, 4) is 22.4 Å². The first-order valence-corrected chi connectivity index (χ1v) is 9.88. The van der Waals surface area contributed by atoms with E-state index in [1.54, 1.807) is 12.1 Å². The summed E-state index contributed by atoms with van der Waals surface area (Å²) in [5.41, 5.74) is 4.38. The van der Waals surface area contributed by atoms with E-state index in [1.807, 2.05) is 67.6 Å². The second-order valence-corrected chi connectivity index (χ2v) is 7.63. The summed E-state index contributed by atoms with van der Waals surface area (Å²) < 4.78 is 1.71. The van der Waals surface area contributed by atoms with E-state index in [0.717, 1.165) is 26.8 Å². The number of pyridine rings is 2. The molecule has 4 nitrogen and oxygen atoms in total. The quantitative estimate of drug-likeness (QED) is 0.428. The molecule has 4 aromatic rings. The topological polar surface area (TPSA) is 52.0 Å². The van der Waals surface area contributed by atoms with E-state index >= 15 is 0 Å². The second-order valence-electron chi connectivity index (χ2n) is 6.72. The zero-order valence-corrected chi connectivity index (χ0v) is 17.3. The van der Waals surface area contributed by atoms with Crippen molar-refractivity contribution in [3.63, 3.8) is 0 Å². The Bertz CT molecular complexity index is 1250. The third kappa shape index (κ3) is 4.10. The maximum absolute atomic E-state index is 13.1. The summed E-state index contributed by atoms with van der Waals surface area (Å²) in [5.74, 6) is -0.470. The molecule has 0 bridgehead atoms. The van der Waals surface area contributed by atoms with Crippen molar-refractivity contribution in [2.45, 2.75) is 6.92 Å². The Kier molecular flexibility index (Phi) is 5.23. The van der Waals surface area contributed by atoms with Crippen molar-refractivity contribution in [2.75, 3.05) is 0 Å². The highest BCUT2D eigenvalue weighted by Crippen LogP contribution is 2.26. The smallest absolute Gasteiger partial charge is 0.269 e. The van der Waals surface area contributed by atoms with Crippen LogP contribution in [-0.2, 0) is 0 Å². The number of carbonyl (C=O) groups is 1. The van der Waals surface area contributed by atoms with Gasteiger partial charge < -0.3 is 0 Å². The number of halogens is 1. The molecule has 0 aliphatic carbocycles. The largest absolute Gasteiger partial charge is 0.283 e. The Morgan fingerprint density at radius 2 is 1.59 bits per heavy atom. The molecule has 4 rings (SSSR count). The van der Waals surface area contributed by atoms with Gasteiger partial charge in [-0.3, -0.25) is 9.59 Å². The van der Waals surface area contributed by atoms with E-state index in [1.165, 1.54) is 12.3 Å². The molecule has 0 atom stereocenters. The average molecular weight is 445 g/mol. The van der Waals surface area contributed by atoms with Gasteiger partial charge in [-0.1, -0.05) is 60.2 Å². The summed E-state index contributed by atoms with van der Waals surface area (Å²) in [4.78, 5) is 29.9. The summed E-state index contributed by atoms with van der Waals surface area (Å²) >= 11 is 3.31. The molecule has 0 saturated carbocycles. The third-order valence-electron chi connectivity index (χ3n) is 4.59. The lowest BCUT2D eigenvalue weighted by atomic mass is 10.0. The highest BCUT2D eigenvalue weighted by atomic mass is 79.9. The molecule has 0 aliphatic rings. The highest BCUT2D eigenvalue weighted by molar-refractivity contribution is 9.10. The van der Waals surface area contributed by atoms with Gasteiger partial charge in [-0.2, -0.15) is 0 Å². The fourth-order valence-electron chi connectivity index (χ4n) is 3.05. The summed E-state index contributed by atoms with van der Waals surface area (Å²) in [5, 5.41) is 0. The lowest BCUT2D eigenvalue weighted by molar-refractivity contribution is 0.0951. The summed E-state index contributed by atoms with van der Waals surface area (Å²) in [6, 6.07) is 24.4. The number of carbonyl (C=O) groups excluding carboxylic acids is 1. The second kappa shape index (κ2) is 7.97. The molecule has 0 saturated heterocycles. The van der Waals surface area contributed by atoms with Crippen LogP contribution in [0.2, 0.25) is 0 Å². The first kappa shape index (κ1) is 19.0. The maximum Gasteiger partial charge on any atom is 0.283 e. The zero-order valence-electron chi connectivity index (χ0n) is 15.7. The fraction of sp³-hybridized carbons (Fsp3) is 0.0417. The van der Waals surface area contributed by atoms with Crippen molar-refractivity contribution in [3.05, 3.63) is 111 Å². The van der Waals surface area contributed by atoms with Gasteiger partial charge in [-0.25, -0.2) is 9.55 Å². The minimum atomic E-state index is -0.470. The van der Waals surface area contributed by atoms with E-state index in [2.05, 4.69) is 20.9 Å². The molecule has 0 amide bonds. The zero-order chi connectivity index (χ0) is 20.4. The predicted molar refractivity (Wildman–Crippen MR) is 118 cm³/mol. The number of hydrogen-bond donors (Lipinski definition) is 0. The number of aryl methyl sites for hydroxylation is 1. The van der Waals surface area contributed by atoms with Gasteiger partial charge in [0.2, 0.25) is 0 Å². The number of rotatable bonds is 3. The third-order valence-corrected chi connectivity index (χ3v) is 5.06. The number of aromatic nitrogens is 2. The van der Waals surface area contributed by atoms with Gasteiger partial charge in [0.05, 0.1) is 5.69 Å². The van der Waals surface area contributed by atoms with Crippen LogP contribution in [0, 0.1) is 6.92 Å². The van der Waals surface area contributed by atoms with Gasteiger partial charge in [0.25, 0.3) is 11.5 Å². The Hall–Kier alpha value is -3.31. The van der Waals surface area contributed by atoms with Crippen molar-refractivity contribution >= 4 is 21.8 Å². The average Bonchev–Trinajstić information content (AvgIpc) is 2.76. The number of nitrogens with zero attached hydrogens (tertiary/aromatic N) is 2. The molecular weight excluding hydrogens is 428 g/mol. The molecule has 29 heavy (non-hydrogen) atoms. The summed E-state index contributed by atoms with van der Waals surface area (Å²) in [6.45, 7) is 2.03. The van der Waals surface area contributed by atoms with E-state index in [-0.39, 0.29) is 5.69 Å². The van der Waals surface area contributed by atoms with Crippen LogP contribution >= 0.6 is 15.9 Å². The van der Waals surface area contributed by atoms with E-state index < -0.39 is 11.5 Å². The van der Waals surface area contributed by atoms with Crippen LogP contribution < -0.4 is 5.56 Å². The Morgan fingerprint density at radius 1 is 0.862 bits per heavy atom. The molecule has 142 valence electrons. The van der Waals surface area contributed by atoms with Crippen LogP contribution in [0.3, 0.4) is 0 Å². The SMILES string of the molecule is Cc1ccc(-c2cc(C(=O)n3cc(Br)ccc3=O)nc(-c3ccccc3)c2)cc1. The first-order chi connectivity index (χ1) is 14.0. The molecule has 0 aliphatic heterocycles. The molecule has 0 spiro atoms. The summed E-state index contributed by atoms with van der Waals surface area (Å²) in [6.07, 6.45) is 1.47. The normalized spacial score (nSPS) is 10.7. The van der Waals surface area contributed by atoms with E-state index in [9.17, 15) is 9.59 Å². The number of hydrogen-bond acceptors (Lipinski definition) is 3. The Morgan fingerprint density at radius 3 is 2.31 bits per heavy atom. The van der Waals surface area contributed by atoms with E-state index in [0.29, 0.717) is 10.2 Å². The minimum Gasteiger partial charge on any atom is -0.269 e. The molecule has 2 heterocycles. The molecule has 5 heteroatoms. The molecule has 2 aromatic heterocycles. The first-order valence-electron chi connectivity index (χ1n) is 9.09. The van der Waals surface area contributed by atoms with Crippen LogP contribution in [0.4, 0.5) is 0 Å². The lowest BCUT2D eigenvalue weighted by Gasteiger charge is -2.11. The molecule has 0 unspecified atom stereocenters. The van der Waals surface area contributed by atoms with E-state index in [4.69, 9.17) is 0 Å². The predicted octanol–water partition coefficient (Wildman–Crippen LogP) is 5.34. The van der Waals surface area contributed by atoms with Gasteiger partial charge in [0.15, 0.2) is 0 Å². The standard InChI is InChI=1S/C24H17BrN2O2/c1-16-7-9-17(10-8-16)19-13-21(18-5-3-2-4-6-18)26-22(14-19)24(29)27-15-20(25)11-12-23(27)28/h2-15H,1H3. The summed E-state index contributed by atoms with van der Waals surface area (Å²) in [7, 11) is 0. The van der Waals surface area contributed by atoms with Gasteiger partial charge in [0, 0.05) is 22.3 Å². The molecule has 0 N–H and O–H groups in total. The lowest BCUT2D eigenvalue weighted by Crippen LogP contribution is -2.26. The van der Waals surface area contributed by atoms with Crippen molar-refractivity contribution in [1.82, 2.24) is 9.55 Å². The molecule has 0 fully saturated rings. The van der Waals surface area contributed by atoms with Crippen molar-refractivity contribution < 1.29 is 4.79 Å². The number of benzene rings is 2. The van der Waals surface area contributed by atoms with Crippen molar-refractivity contribution in [2.24, 2.45) is 0 Å². The van der Waals surface area contributed by atoms with Gasteiger partial charge in [0.1, 0.15) is 5.69 Å². The fourth-order valence-corrected chi connectivity index (χ4v) is 3.39. The van der Waals surface area contributed by atoms with Crippen LogP contribution in [-0.4, -0.2) is 15.5 Å². The monoisotopic (exact) mass is 444 g/mol. The van der Waals surface area contributed by atoms with Crippen LogP contribution in [0.25, 0.3) is 22.4 Å². The minimum absolute atomic E-state index is 0.210. The Balaban J connectivity index is 1.90. The van der Waals surface area contributed by atoms with Gasteiger partial charge in [-0.15, -0.1) is 0 Å². The molecular formula is C24H17BrN2O2. The highest BCUT2D eigenvalue weighted by Gasteiger charge is 2.16. The molecule has 0 radical (unpaired) electrons. The van der Waals surface area contributed by atoms with Crippen LogP contribution in [0.15, 0.2) is 94.3 Å². The van der Waals surface area contributed by atoms with Gasteiger partial charge in [-0.05, 0) is 52.2 Å². The van der Waals surface area contributed by atoms with Crippen LogP contribution in [0.5, 0.6) is 0 Å². The maximum atomic E-state index is 13.1.